The molecule has 0 spiro atoms. The highest BCUT2D eigenvalue weighted by Crippen LogP contribution is 2.26. The highest BCUT2D eigenvalue weighted by atomic mass is 32.2. The normalized spacial score (nSPS) is 13.8. The van der Waals surface area contributed by atoms with E-state index in [4.69, 9.17) is 4.74 Å². The van der Waals surface area contributed by atoms with E-state index >= 15 is 0 Å². The zero-order chi connectivity index (χ0) is 15.9. The summed E-state index contributed by atoms with van der Waals surface area (Å²) in [4.78, 5) is 13.4. The fourth-order valence-corrected chi connectivity index (χ4v) is 3.45. The molecule has 0 bridgehead atoms. The van der Waals surface area contributed by atoms with Crippen LogP contribution in [0.2, 0.25) is 0 Å². The number of hydrogen-bond donors (Lipinski definition) is 1. The predicted molar refractivity (Wildman–Crippen MR) is 90.0 cm³/mol. The van der Waals surface area contributed by atoms with Gasteiger partial charge in [-0.2, -0.15) is 0 Å². The molecule has 1 aromatic carbocycles. The van der Waals surface area contributed by atoms with E-state index in [1.165, 1.54) is 16.0 Å². The lowest BCUT2D eigenvalue weighted by Gasteiger charge is -2.28. The fourth-order valence-electron chi connectivity index (χ4n) is 2.27. The summed E-state index contributed by atoms with van der Waals surface area (Å²) in [6.45, 7) is 11.2. The van der Waals surface area contributed by atoms with Crippen LogP contribution in [0.25, 0.3) is 0 Å². The molecule has 1 N–H and O–H groups in total. The van der Waals surface area contributed by atoms with Crippen molar-refractivity contribution in [1.29, 1.82) is 0 Å². The second-order valence-electron chi connectivity index (χ2n) is 5.45. The van der Waals surface area contributed by atoms with Gasteiger partial charge in [-0.3, -0.25) is 4.79 Å². The molecule has 0 fully saturated rings. The number of hydrogen-bond acceptors (Lipinski definition) is 4. The molecular formula is C17H27NO2S. The number of esters is 1. The van der Waals surface area contributed by atoms with Crippen LogP contribution in [0.1, 0.15) is 38.3 Å². The standard InChI is InChI=1S/C17H27NO2S/c1-6-18-17(5,16(19)20-7-2)10-11-21-15-9-8-13(3)12-14(15)4/h8-9,12,18H,6-7,10-11H2,1-5H3. The van der Waals surface area contributed by atoms with E-state index in [0.717, 1.165) is 18.7 Å². The number of benzene rings is 1. The lowest BCUT2D eigenvalue weighted by Crippen LogP contribution is -2.50. The van der Waals surface area contributed by atoms with Crippen LogP contribution in [0, 0.1) is 13.8 Å². The molecule has 0 aliphatic heterocycles. The molecule has 3 nitrogen and oxygen atoms in total. The van der Waals surface area contributed by atoms with Gasteiger partial charge in [0.25, 0.3) is 0 Å². The van der Waals surface area contributed by atoms with Gasteiger partial charge < -0.3 is 10.1 Å². The van der Waals surface area contributed by atoms with Gasteiger partial charge in [0, 0.05) is 10.6 Å². The topological polar surface area (TPSA) is 38.3 Å². The Balaban J connectivity index is 2.63. The molecule has 0 radical (unpaired) electrons. The molecule has 0 amide bonds. The first-order chi connectivity index (χ1) is 9.92. The molecule has 0 heterocycles. The number of ether oxygens (including phenoxy) is 1. The van der Waals surface area contributed by atoms with Gasteiger partial charge in [0.2, 0.25) is 0 Å². The minimum atomic E-state index is -0.601. The highest BCUT2D eigenvalue weighted by Gasteiger charge is 2.33. The van der Waals surface area contributed by atoms with Crippen molar-refractivity contribution in [2.24, 2.45) is 0 Å². The van der Waals surface area contributed by atoms with E-state index in [9.17, 15) is 4.79 Å². The molecule has 0 saturated carbocycles. The van der Waals surface area contributed by atoms with Crippen LogP contribution < -0.4 is 5.32 Å². The van der Waals surface area contributed by atoms with Crippen molar-refractivity contribution in [3.8, 4) is 0 Å². The average molecular weight is 309 g/mol. The molecule has 21 heavy (non-hydrogen) atoms. The summed E-state index contributed by atoms with van der Waals surface area (Å²) < 4.78 is 5.19. The number of rotatable bonds is 8. The number of carbonyl (C=O) groups is 1. The van der Waals surface area contributed by atoms with Crippen LogP contribution in [0.15, 0.2) is 23.1 Å². The van der Waals surface area contributed by atoms with Crippen LogP contribution >= 0.6 is 11.8 Å². The van der Waals surface area contributed by atoms with Gasteiger partial charge in [-0.15, -0.1) is 11.8 Å². The van der Waals surface area contributed by atoms with E-state index in [2.05, 4.69) is 37.4 Å². The summed E-state index contributed by atoms with van der Waals surface area (Å²) >= 11 is 1.80. The number of thioether (sulfide) groups is 1. The van der Waals surface area contributed by atoms with Crippen molar-refractivity contribution < 1.29 is 9.53 Å². The Morgan fingerprint density at radius 2 is 2.05 bits per heavy atom. The van der Waals surface area contributed by atoms with Gasteiger partial charge in [-0.25, -0.2) is 0 Å². The van der Waals surface area contributed by atoms with E-state index in [1.54, 1.807) is 11.8 Å². The molecule has 4 heteroatoms. The minimum Gasteiger partial charge on any atom is -0.465 e. The molecule has 1 atom stereocenters. The van der Waals surface area contributed by atoms with Crippen molar-refractivity contribution in [1.82, 2.24) is 5.32 Å². The molecule has 1 unspecified atom stereocenters. The summed E-state index contributed by atoms with van der Waals surface area (Å²) in [7, 11) is 0. The van der Waals surface area contributed by atoms with Gasteiger partial charge in [0.05, 0.1) is 6.61 Å². The Bertz CT molecular complexity index is 476. The molecule has 0 saturated heterocycles. The molecule has 0 aromatic heterocycles. The largest absolute Gasteiger partial charge is 0.465 e. The van der Waals surface area contributed by atoms with E-state index in [1.807, 2.05) is 20.8 Å². The quantitative estimate of drug-likeness (QED) is 0.587. The van der Waals surface area contributed by atoms with E-state index < -0.39 is 5.54 Å². The third-order valence-electron chi connectivity index (χ3n) is 3.48. The van der Waals surface area contributed by atoms with Crippen molar-refractivity contribution in [3.05, 3.63) is 29.3 Å². The summed E-state index contributed by atoms with van der Waals surface area (Å²) in [6.07, 6.45) is 0.748. The summed E-state index contributed by atoms with van der Waals surface area (Å²) in [5.74, 6) is 0.722. The second-order valence-corrected chi connectivity index (χ2v) is 6.59. The zero-order valence-corrected chi connectivity index (χ0v) is 14.6. The van der Waals surface area contributed by atoms with Crippen molar-refractivity contribution >= 4 is 17.7 Å². The monoisotopic (exact) mass is 309 g/mol. The van der Waals surface area contributed by atoms with Gasteiger partial charge in [-0.1, -0.05) is 24.6 Å². The first kappa shape index (κ1) is 18.1. The molecule has 118 valence electrons. The summed E-state index contributed by atoms with van der Waals surface area (Å²) in [6, 6.07) is 6.48. The third kappa shape index (κ3) is 5.36. The molecule has 1 rings (SSSR count). The summed E-state index contributed by atoms with van der Waals surface area (Å²) in [5, 5.41) is 3.27. The van der Waals surface area contributed by atoms with Gasteiger partial charge in [-0.05, 0) is 52.3 Å². The second kappa shape index (κ2) is 8.44. The Kier molecular flexibility index (Phi) is 7.26. The first-order valence-electron chi connectivity index (χ1n) is 7.55. The van der Waals surface area contributed by atoms with Crippen LogP contribution in [-0.4, -0.2) is 30.4 Å². The molecule has 1 aromatic rings. The number of nitrogens with one attached hydrogen (secondary N) is 1. The van der Waals surface area contributed by atoms with Crippen molar-refractivity contribution in [2.75, 3.05) is 18.9 Å². The van der Waals surface area contributed by atoms with Crippen molar-refractivity contribution in [2.45, 2.75) is 51.5 Å². The number of carbonyl (C=O) groups excluding carboxylic acids is 1. The maximum absolute atomic E-state index is 12.1. The van der Waals surface area contributed by atoms with Crippen molar-refractivity contribution in [3.63, 3.8) is 0 Å². The maximum atomic E-state index is 12.1. The molecule has 0 aliphatic carbocycles. The van der Waals surface area contributed by atoms with Crippen LogP contribution in [-0.2, 0) is 9.53 Å². The molecular weight excluding hydrogens is 282 g/mol. The van der Waals surface area contributed by atoms with Gasteiger partial charge in [0.15, 0.2) is 0 Å². The van der Waals surface area contributed by atoms with Gasteiger partial charge >= 0.3 is 5.97 Å². The van der Waals surface area contributed by atoms with Gasteiger partial charge in [0.1, 0.15) is 5.54 Å². The van der Waals surface area contributed by atoms with Crippen LogP contribution in [0.5, 0.6) is 0 Å². The maximum Gasteiger partial charge on any atom is 0.326 e. The smallest absolute Gasteiger partial charge is 0.326 e. The predicted octanol–water partition coefficient (Wildman–Crippen LogP) is 3.72. The van der Waals surface area contributed by atoms with E-state index in [0.29, 0.717) is 6.61 Å². The Morgan fingerprint density at radius 3 is 2.62 bits per heavy atom. The summed E-state index contributed by atoms with van der Waals surface area (Å²) in [5.41, 5.74) is 1.97. The van der Waals surface area contributed by atoms with Crippen LogP contribution in [0.3, 0.4) is 0 Å². The number of aryl methyl sites for hydroxylation is 2. The SMILES string of the molecule is CCNC(C)(CCSc1ccc(C)cc1C)C(=O)OCC. The zero-order valence-electron chi connectivity index (χ0n) is 13.8. The molecule has 0 aliphatic rings. The first-order valence-corrected chi connectivity index (χ1v) is 8.53. The fraction of sp³-hybridized carbons (Fsp3) is 0.588. The Labute approximate surface area is 132 Å². The lowest BCUT2D eigenvalue weighted by molar-refractivity contribution is -0.150. The lowest BCUT2D eigenvalue weighted by atomic mass is 9.99. The average Bonchev–Trinajstić information content (AvgIpc) is 2.42. The number of likely N-dealkylation sites (N-methyl/N-ethyl adjacent to an activating group) is 1. The third-order valence-corrected chi connectivity index (χ3v) is 4.66. The van der Waals surface area contributed by atoms with Crippen LogP contribution in [0.4, 0.5) is 0 Å². The van der Waals surface area contributed by atoms with E-state index in [-0.39, 0.29) is 5.97 Å². The Hall–Kier alpha value is -1.00. The minimum absolute atomic E-state index is 0.159. The highest BCUT2D eigenvalue weighted by molar-refractivity contribution is 7.99. The Morgan fingerprint density at radius 1 is 1.33 bits per heavy atom.